The van der Waals surface area contributed by atoms with Crippen LogP contribution in [0.5, 0.6) is 0 Å². The molecule has 0 amide bonds. The molecule has 3 aromatic heterocycles. The number of rotatable bonds is 3. The fraction of sp³-hybridized carbons (Fsp3) is 0.154. The Morgan fingerprint density at radius 3 is 3.20 bits per heavy atom. The number of thiophene rings is 1. The van der Waals surface area contributed by atoms with Gasteiger partial charge in [-0.2, -0.15) is 0 Å². The van der Waals surface area contributed by atoms with Gasteiger partial charge in [0.15, 0.2) is 5.65 Å². The lowest BCUT2D eigenvalue weighted by Crippen LogP contribution is -1.87. The minimum Gasteiger partial charge on any atom is -0.384 e. The van der Waals surface area contributed by atoms with Crippen LogP contribution in [0.1, 0.15) is 10.4 Å². The maximum atomic E-state index is 8.76. The molecule has 20 heavy (non-hydrogen) atoms. The summed E-state index contributed by atoms with van der Waals surface area (Å²) in [5.74, 6) is 6.41. The average molecular weight is 302 g/mol. The number of hydrogen-bond donors (Lipinski definition) is 2. The molecule has 0 saturated carbocycles. The van der Waals surface area contributed by atoms with Crippen molar-refractivity contribution in [2.75, 3.05) is 6.61 Å². The SMILES string of the molecule is OCC#Cc1ccsc1CSc1ncnc2nc[nH]c12. The van der Waals surface area contributed by atoms with Gasteiger partial charge in [0.05, 0.1) is 6.33 Å². The molecule has 0 spiro atoms. The molecule has 5 nitrogen and oxygen atoms in total. The molecule has 0 aliphatic rings. The summed E-state index contributed by atoms with van der Waals surface area (Å²) in [5.41, 5.74) is 2.50. The maximum absolute atomic E-state index is 8.76. The highest BCUT2D eigenvalue weighted by molar-refractivity contribution is 7.98. The van der Waals surface area contributed by atoms with Crippen molar-refractivity contribution >= 4 is 34.3 Å². The number of aliphatic hydroxyl groups excluding tert-OH is 1. The van der Waals surface area contributed by atoms with E-state index in [0.717, 1.165) is 21.9 Å². The van der Waals surface area contributed by atoms with Gasteiger partial charge in [0, 0.05) is 16.2 Å². The molecule has 2 N–H and O–H groups in total. The van der Waals surface area contributed by atoms with Crippen LogP contribution in [0.25, 0.3) is 11.2 Å². The normalized spacial score (nSPS) is 10.4. The monoisotopic (exact) mass is 302 g/mol. The average Bonchev–Trinajstić information content (AvgIpc) is 3.11. The number of nitrogens with one attached hydrogen (secondary N) is 1. The van der Waals surface area contributed by atoms with Crippen molar-refractivity contribution in [2.24, 2.45) is 0 Å². The van der Waals surface area contributed by atoms with E-state index in [-0.39, 0.29) is 6.61 Å². The van der Waals surface area contributed by atoms with Crippen LogP contribution in [0.4, 0.5) is 0 Å². The van der Waals surface area contributed by atoms with Gasteiger partial charge >= 0.3 is 0 Å². The van der Waals surface area contributed by atoms with E-state index in [1.54, 1.807) is 29.4 Å². The van der Waals surface area contributed by atoms with Gasteiger partial charge < -0.3 is 10.1 Å². The van der Waals surface area contributed by atoms with E-state index in [1.807, 2.05) is 11.4 Å². The lowest BCUT2D eigenvalue weighted by molar-refractivity contribution is 0.350. The number of aliphatic hydroxyl groups is 1. The summed E-state index contributed by atoms with van der Waals surface area (Å²) in [5, 5.41) is 11.6. The molecule has 3 aromatic rings. The standard InChI is InChI=1S/C13H10N4OS2/c18-4-1-2-9-3-5-19-10(9)6-20-13-11-12(15-7-14-11)16-8-17-13/h3,5,7-8,18H,4,6H2,(H,14,15,16,17). The summed E-state index contributed by atoms with van der Waals surface area (Å²) < 4.78 is 0. The molecule has 0 atom stereocenters. The largest absolute Gasteiger partial charge is 0.384 e. The first-order valence-corrected chi connectivity index (χ1v) is 7.68. The van der Waals surface area contributed by atoms with Gasteiger partial charge in [0.1, 0.15) is 23.5 Å². The molecule has 100 valence electrons. The van der Waals surface area contributed by atoms with Crippen molar-refractivity contribution in [3.63, 3.8) is 0 Å². The molecule has 0 saturated heterocycles. The van der Waals surface area contributed by atoms with Gasteiger partial charge in [-0.25, -0.2) is 15.0 Å². The van der Waals surface area contributed by atoms with Gasteiger partial charge in [-0.05, 0) is 11.4 Å². The van der Waals surface area contributed by atoms with Crippen molar-refractivity contribution in [1.29, 1.82) is 0 Å². The Morgan fingerprint density at radius 2 is 2.30 bits per heavy atom. The Bertz CT molecular complexity index is 784. The highest BCUT2D eigenvalue weighted by Gasteiger charge is 2.08. The Labute approximate surface area is 123 Å². The summed E-state index contributed by atoms with van der Waals surface area (Å²) in [6.45, 7) is -0.122. The lowest BCUT2D eigenvalue weighted by atomic mass is 10.3. The molecule has 7 heteroatoms. The van der Waals surface area contributed by atoms with Crippen LogP contribution in [-0.4, -0.2) is 31.6 Å². The van der Waals surface area contributed by atoms with Crippen molar-refractivity contribution in [2.45, 2.75) is 10.8 Å². The topological polar surface area (TPSA) is 74.7 Å². The number of hydrogen-bond acceptors (Lipinski definition) is 6. The van der Waals surface area contributed by atoms with Gasteiger partial charge in [-0.1, -0.05) is 23.6 Å². The van der Waals surface area contributed by atoms with Crippen molar-refractivity contribution in [3.8, 4) is 11.8 Å². The molecule has 0 aliphatic carbocycles. The highest BCUT2D eigenvalue weighted by Crippen LogP contribution is 2.28. The third-order valence-electron chi connectivity index (χ3n) is 2.58. The van der Waals surface area contributed by atoms with Crippen molar-refractivity contribution in [3.05, 3.63) is 34.5 Å². The zero-order chi connectivity index (χ0) is 13.8. The third kappa shape index (κ3) is 2.67. The van der Waals surface area contributed by atoms with Crippen molar-refractivity contribution < 1.29 is 5.11 Å². The first kappa shape index (κ1) is 13.1. The van der Waals surface area contributed by atoms with E-state index in [9.17, 15) is 0 Å². The van der Waals surface area contributed by atoms with Crippen LogP contribution in [-0.2, 0) is 5.75 Å². The fourth-order valence-electron chi connectivity index (χ4n) is 1.68. The number of imidazole rings is 1. The van der Waals surface area contributed by atoms with Gasteiger partial charge in [-0.15, -0.1) is 11.3 Å². The van der Waals surface area contributed by atoms with E-state index in [2.05, 4.69) is 31.8 Å². The second-order valence-corrected chi connectivity index (χ2v) is 5.75. The van der Waals surface area contributed by atoms with Crippen LogP contribution in [0.15, 0.2) is 29.1 Å². The molecule has 0 aromatic carbocycles. The van der Waals surface area contributed by atoms with Gasteiger partial charge in [0.25, 0.3) is 0 Å². The Balaban J connectivity index is 1.80. The molecule has 0 fully saturated rings. The minimum absolute atomic E-state index is 0.122. The van der Waals surface area contributed by atoms with E-state index in [1.165, 1.54) is 11.2 Å². The summed E-state index contributed by atoms with van der Waals surface area (Å²) in [6, 6.07) is 1.97. The highest BCUT2D eigenvalue weighted by atomic mass is 32.2. The molecule has 0 radical (unpaired) electrons. The van der Waals surface area contributed by atoms with E-state index >= 15 is 0 Å². The fourth-order valence-corrected chi connectivity index (χ4v) is 3.59. The van der Waals surface area contributed by atoms with E-state index in [4.69, 9.17) is 5.11 Å². The Kier molecular flexibility index (Phi) is 3.97. The number of aromatic amines is 1. The third-order valence-corrected chi connectivity index (χ3v) is 4.70. The first-order chi connectivity index (χ1) is 9.88. The zero-order valence-corrected chi connectivity index (χ0v) is 12.0. The van der Waals surface area contributed by atoms with Crippen LogP contribution in [0, 0.1) is 11.8 Å². The summed E-state index contributed by atoms with van der Waals surface area (Å²) >= 11 is 3.27. The number of fused-ring (bicyclic) bond motifs is 1. The van der Waals surface area contributed by atoms with Crippen LogP contribution >= 0.6 is 23.1 Å². The van der Waals surface area contributed by atoms with Gasteiger partial charge in [0.2, 0.25) is 0 Å². The number of thioether (sulfide) groups is 1. The molecular formula is C13H10N4OS2. The number of aromatic nitrogens is 4. The van der Waals surface area contributed by atoms with Crippen molar-refractivity contribution in [1.82, 2.24) is 19.9 Å². The second kappa shape index (κ2) is 6.05. The molecule has 3 rings (SSSR count). The number of nitrogens with zero attached hydrogens (tertiary/aromatic N) is 3. The van der Waals surface area contributed by atoms with Crippen LogP contribution in [0.2, 0.25) is 0 Å². The first-order valence-electron chi connectivity index (χ1n) is 5.81. The smallest absolute Gasteiger partial charge is 0.181 e. The van der Waals surface area contributed by atoms with E-state index in [0.29, 0.717) is 5.65 Å². The number of H-pyrrole nitrogens is 1. The predicted octanol–water partition coefficient (Wildman–Crippen LogP) is 2.05. The summed E-state index contributed by atoms with van der Waals surface area (Å²) in [7, 11) is 0. The molecule has 0 bridgehead atoms. The van der Waals surface area contributed by atoms with Crippen LogP contribution < -0.4 is 0 Å². The minimum atomic E-state index is -0.122. The Hall–Kier alpha value is -1.88. The summed E-state index contributed by atoms with van der Waals surface area (Å²) in [6.07, 6.45) is 3.14. The van der Waals surface area contributed by atoms with Crippen LogP contribution in [0.3, 0.4) is 0 Å². The maximum Gasteiger partial charge on any atom is 0.181 e. The second-order valence-electron chi connectivity index (χ2n) is 3.79. The summed E-state index contributed by atoms with van der Waals surface area (Å²) in [4.78, 5) is 16.7. The molecule has 0 unspecified atom stereocenters. The van der Waals surface area contributed by atoms with Gasteiger partial charge in [-0.3, -0.25) is 0 Å². The van der Waals surface area contributed by atoms with E-state index < -0.39 is 0 Å². The quantitative estimate of drug-likeness (QED) is 0.440. The zero-order valence-electron chi connectivity index (χ0n) is 10.3. The Morgan fingerprint density at radius 1 is 1.35 bits per heavy atom. The lowest BCUT2D eigenvalue weighted by Gasteiger charge is -2.00. The molecule has 0 aliphatic heterocycles. The predicted molar refractivity (Wildman–Crippen MR) is 79.5 cm³/mol. The molecular weight excluding hydrogens is 292 g/mol. The molecule has 3 heterocycles.